The Labute approximate surface area is 61.8 Å². The van der Waals surface area contributed by atoms with Crippen molar-refractivity contribution in [2.24, 2.45) is 17.4 Å². The van der Waals surface area contributed by atoms with Gasteiger partial charge in [-0.2, -0.15) is 0 Å². The number of carbonyl (C=O) groups excluding carboxylic acids is 1. The molecule has 0 aliphatic heterocycles. The van der Waals surface area contributed by atoms with E-state index < -0.39 is 0 Å². The van der Waals surface area contributed by atoms with Crippen LogP contribution in [0.2, 0.25) is 0 Å². The van der Waals surface area contributed by atoms with Crippen LogP contribution in [0.1, 0.15) is 20.3 Å². The maximum atomic E-state index is 10.8. The lowest BCUT2D eigenvalue weighted by molar-refractivity contribution is -0.119. The van der Waals surface area contributed by atoms with Gasteiger partial charge in [-0.15, -0.1) is 0 Å². The number of hydrogen-bond acceptors (Lipinski definition) is 3. The molecule has 0 spiro atoms. The maximum absolute atomic E-state index is 10.8. The van der Waals surface area contributed by atoms with Crippen LogP contribution < -0.4 is 11.5 Å². The van der Waals surface area contributed by atoms with Crippen molar-refractivity contribution in [3.05, 3.63) is 0 Å². The lowest BCUT2D eigenvalue weighted by Gasteiger charge is -2.10. The molecule has 60 valence electrons. The molecule has 3 heteroatoms. The lowest BCUT2D eigenvalue weighted by Crippen LogP contribution is -2.36. The number of rotatable bonds is 4. The van der Waals surface area contributed by atoms with Gasteiger partial charge in [-0.05, 0) is 12.3 Å². The van der Waals surface area contributed by atoms with Crippen molar-refractivity contribution in [1.29, 1.82) is 0 Å². The first-order chi connectivity index (χ1) is 4.57. The standard InChI is InChI=1S/C7H16N2O/c1-5(2)3-6(9)7(10)4-8/h5-6H,3-4,8-9H2,1-2H3/t6-/m1/s1. The van der Waals surface area contributed by atoms with Gasteiger partial charge in [-0.1, -0.05) is 13.8 Å². The van der Waals surface area contributed by atoms with Gasteiger partial charge in [0.15, 0.2) is 5.78 Å². The van der Waals surface area contributed by atoms with E-state index in [9.17, 15) is 4.79 Å². The van der Waals surface area contributed by atoms with Crippen LogP contribution in [0.3, 0.4) is 0 Å². The topological polar surface area (TPSA) is 69.1 Å². The first kappa shape index (κ1) is 9.59. The maximum Gasteiger partial charge on any atom is 0.163 e. The first-order valence-corrected chi connectivity index (χ1v) is 3.56. The molecule has 0 saturated heterocycles. The third-order valence-electron chi connectivity index (χ3n) is 1.34. The van der Waals surface area contributed by atoms with E-state index >= 15 is 0 Å². The van der Waals surface area contributed by atoms with Gasteiger partial charge in [-0.3, -0.25) is 4.79 Å². The third-order valence-corrected chi connectivity index (χ3v) is 1.34. The molecule has 0 aromatic heterocycles. The quantitative estimate of drug-likeness (QED) is 0.578. The van der Waals surface area contributed by atoms with Gasteiger partial charge in [0.05, 0.1) is 12.6 Å². The Balaban J connectivity index is 3.61. The minimum Gasteiger partial charge on any atom is -0.324 e. The molecule has 0 aliphatic carbocycles. The summed E-state index contributed by atoms with van der Waals surface area (Å²) in [5, 5.41) is 0. The highest BCUT2D eigenvalue weighted by Crippen LogP contribution is 2.02. The Kier molecular flexibility index (Phi) is 4.23. The van der Waals surface area contributed by atoms with Crippen LogP contribution in [0.5, 0.6) is 0 Å². The van der Waals surface area contributed by atoms with E-state index in [1.54, 1.807) is 0 Å². The molecule has 0 amide bonds. The highest BCUT2D eigenvalue weighted by Gasteiger charge is 2.12. The van der Waals surface area contributed by atoms with Crippen LogP contribution in [0.4, 0.5) is 0 Å². The molecule has 1 atom stereocenters. The zero-order valence-corrected chi connectivity index (χ0v) is 6.63. The first-order valence-electron chi connectivity index (χ1n) is 3.56. The summed E-state index contributed by atoms with van der Waals surface area (Å²) in [5.41, 5.74) is 10.6. The van der Waals surface area contributed by atoms with E-state index in [-0.39, 0.29) is 18.4 Å². The van der Waals surface area contributed by atoms with Crippen LogP contribution in [0.15, 0.2) is 0 Å². The molecular formula is C7H16N2O. The summed E-state index contributed by atoms with van der Waals surface area (Å²) in [7, 11) is 0. The molecule has 0 rings (SSSR count). The van der Waals surface area contributed by atoms with Gasteiger partial charge in [0.1, 0.15) is 0 Å². The molecule has 0 aromatic carbocycles. The summed E-state index contributed by atoms with van der Waals surface area (Å²) in [6, 6.07) is -0.356. The second kappa shape index (κ2) is 4.41. The van der Waals surface area contributed by atoms with Gasteiger partial charge in [0.25, 0.3) is 0 Å². The van der Waals surface area contributed by atoms with Crippen LogP contribution in [-0.2, 0) is 4.79 Å². The van der Waals surface area contributed by atoms with E-state index in [0.29, 0.717) is 5.92 Å². The fourth-order valence-electron chi connectivity index (χ4n) is 0.791. The van der Waals surface area contributed by atoms with Crippen molar-refractivity contribution < 1.29 is 4.79 Å². The molecule has 10 heavy (non-hydrogen) atoms. The summed E-state index contributed by atoms with van der Waals surface area (Å²) in [4.78, 5) is 10.8. The van der Waals surface area contributed by atoms with E-state index in [4.69, 9.17) is 11.5 Å². The Morgan fingerprint density at radius 2 is 2.00 bits per heavy atom. The van der Waals surface area contributed by atoms with Crippen molar-refractivity contribution in [3.63, 3.8) is 0 Å². The van der Waals surface area contributed by atoms with E-state index in [0.717, 1.165) is 6.42 Å². The van der Waals surface area contributed by atoms with Crippen molar-refractivity contribution in [2.75, 3.05) is 6.54 Å². The van der Waals surface area contributed by atoms with Crippen molar-refractivity contribution >= 4 is 5.78 Å². The molecule has 0 fully saturated rings. The molecule has 0 saturated carbocycles. The molecule has 0 heterocycles. The van der Waals surface area contributed by atoms with Crippen LogP contribution in [-0.4, -0.2) is 18.4 Å². The van der Waals surface area contributed by atoms with Gasteiger partial charge in [0, 0.05) is 0 Å². The van der Waals surface area contributed by atoms with Crippen LogP contribution >= 0.6 is 0 Å². The average Bonchev–Trinajstić information content (AvgIpc) is 1.85. The molecule has 0 bridgehead atoms. The zero-order valence-electron chi connectivity index (χ0n) is 6.63. The van der Waals surface area contributed by atoms with E-state index in [1.807, 2.05) is 13.8 Å². The number of nitrogens with two attached hydrogens (primary N) is 2. The second-order valence-electron chi connectivity index (χ2n) is 2.91. The monoisotopic (exact) mass is 144 g/mol. The minimum atomic E-state index is -0.356. The summed E-state index contributed by atoms with van der Waals surface area (Å²) < 4.78 is 0. The van der Waals surface area contributed by atoms with Gasteiger partial charge < -0.3 is 11.5 Å². The molecular weight excluding hydrogens is 128 g/mol. The summed E-state index contributed by atoms with van der Waals surface area (Å²) in [6.07, 6.45) is 0.732. The SMILES string of the molecule is CC(C)C[C@@H](N)C(=O)CN. The molecule has 0 radical (unpaired) electrons. The van der Waals surface area contributed by atoms with Crippen LogP contribution in [0.25, 0.3) is 0 Å². The average molecular weight is 144 g/mol. The summed E-state index contributed by atoms with van der Waals surface area (Å²) >= 11 is 0. The number of hydrogen-bond donors (Lipinski definition) is 2. The second-order valence-corrected chi connectivity index (χ2v) is 2.91. The van der Waals surface area contributed by atoms with Crippen molar-refractivity contribution in [2.45, 2.75) is 26.3 Å². The smallest absolute Gasteiger partial charge is 0.163 e. The van der Waals surface area contributed by atoms with Crippen LogP contribution in [0, 0.1) is 5.92 Å². The largest absolute Gasteiger partial charge is 0.324 e. The number of Topliss-reactive ketones (excluding diaryl/α,β-unsaturated/α-hetero) is 1. The molecule has 0 unspecified atom stereocenters. The Morgan fingerprint density at radius 1 is 1.50 bits per heavy atom. The Morgan fingerprint density at radius 3 is 2.30 bits per heavy atom. The minimum absolute atomic E-state index is 0.0475. The van der Waals surface area contributed by atoms with Crippen molar-refractivity contribution in [1.82, 2.24) is 0 Å². The summed E-state index contributed by atoms with van der Waals surface area (Å²) in [5.74, 6) is 0.416. The van der Waals surface area contributed by atoms with E-state index in [2.05, 4.69) is 0 Å². The van der Waals surface area contributed by atoms with Gasteiger partial charge in [0.2, 0.25) is 0 Å². The predicted molar refractivity (Wildman–Crippen MR) is 41.5 cm³/mol. The Hall–Kier alpha value is -0.410. The van der Waals surface area contributed by atoms with E-state index in [1.165, 1.54) is 0 Å². The predicted octanol–water partition coefficient (Wildman–Crippen LogP) is -0.112. The highest BCUT2D eigenvalue weighted by atomic mass is 16.1. The van der Waals surface area contributed by atoms with Gasteiger partial charge >= 0.3 is 0 Å². The lowest BCUT2D eigenvalue weighted by atomic mass is 10.0. The van der Waals surface area contributed by atoms with Gasteiger partial charge in [-0.25, -0.2) is 0 Å². The number of carbonyl (C=O) groups is 1. The molecule has 0 aromatic rings. The van der Waals surface area contributed by atoms with Crippen molar-refractivity contribution in [3.8, 4) is 0 Å². The molecule has 4 N–H and O–H groups in total. The number of ketones is 1. The third kappa shape index (κ3) is 3.58. The zero-order chi connectivity index (χ0) is 8.15. The normalized spacial score (nSPS) is 13.7. The molecule has 3 nitrogen and oxygen atoms in total. The highest BCUT2D eigenvalue weighted by molar-refractivity contribution is 5.85. The molecule has 0 aliphatic rings. The fraction of sp³-hybridized carbons (Fsp3) is 0.857. The fourth-order valence-corrected chi connectivity index (χ4v) is 0.791. The summed E-state index contributed by atoms with van der Waals surface area (Å²) in [6.45, 7) is 4.13. The Bertz CT molecular complexity index is 112.